The van der Waals surface area contributed by atoms with Crippen LogP contribution in [0.25, 0.3) is 0 Å². The second kappa shape index (κ2) is 18.9. The van der Waals surface area contributed by atoms with Gasteiger partial charge in [-0.2, -0.15) is 8.78 Å². The van der Waals surface area contributed by atoms with Crippen LogP contribution < -0.4 is 0 Å². The molecule has 0 N–H and O–H groups in total. The molecular formula is C19H38F2O. The summed E-state index contributed by atoms with van der Waals surface area (Å²) in [5, 5.41) is 0. The highest BCUT2D eigenvalue weighted by atomic mass is 19.3. The van der Waals surface area contributed by atoms with Crippen molar-refractivity contribution in [1.82, 2.24) is 0 Å². The van der Waals surface area contributed by atoms with Gasteiger partial charge in [0.25, 0.3) is 0 Å². The summed E-state index contributed by atoms with van der Waals surface area (Å²) < 4.78 is 27.6. The zero-order chi connectivity index (χ0) is 16.3. The first kappa shape index (κ1) is 21.8. The average molecular weight is 321 g/mol. The molecule has 0 spiro atoms. The Morgan fingerprint density at radius 3 is 1.18 bits per heavy atom. The van der Waals surface area contributed by atoms with Gasteiger partial charge in [0, 0.05) is 0 Å². The smallest absolute Gasteiger partial charge is 0.323 e. The summed E-state index contributed by atoms with van der Waals surface area (Å²) in [6.07, 6.45) is 20.8. The van der Waals surface area contributed by atoms with Crippen LogP contribution >= 0.6 is 0 Å². The zero-order valence-corrected chi connectivity index (χ0v) is 14.8. The zero-order valence-electron chi connectivity index (χ0n) is 14.8. The van der Waals surface area contributed by atoms with Gasteiger partial charge in [-0.05, 0) is 6.42 Å². The van der Waals surface area contributed by atoms with Crippen molar-refractivity contribution in [3.05, 3.63) is 0 Å². The molecule has 0 aromatic rings. The number of ether oxygens (including phenoxy) is 1. The molecule has 134 valence electrons. The summed E-state index contributed by atoms with van der Waals surface area (Å²) >= 11 is 0. The molecule has 0 heterocycles. The maximum Gasteiger partial charge on any atom is 0.345 e. The molecule has 0 aliphatic heterocycles. The largest absolute Gasteiger partial charge is 0.345 e. The molecule has 0 fully saturated rings. The average Bonchev–Trinajstić information content (AvgIpc) is 2.50. The number of alkyl halides is 2. The summed E-state index contributed by atoms with van der Waals surface area (Å²) in [6, 6.07) is 0. The Bertz CT molecular complexity index is 198. The first-order valence-electron chi connectivity index (χ1n) is 9.67. The highest BCUT2D eigenvalue weighted by molar-refractivity contribution is 4.49. The first-order chi connectivity index (χ1) is 10.8. The summed E-state index contributed by atoms with van der Waals surface area (Å²) in [7, 11) is 0. The summed E-state index contributed by atoms with van der Waals surface area (Å²) in [5.41, 5.74) is 0. The van der Waals surface area contributed by atoms with E-state index < -0.39 is 6.61 Å². The highest BCUT2D eigenvalue weighted by Crippen LogP contribution is 2.13. The van der Waals surface area contributed by atoms with Crippen LogP contribution in [0.4, 0.5) is 8.78 Å². The molecule has 0 atom stereocenters. The quantitative estimate of drug-likeness (QED) is 0.238. The number of hydrogen-bond donors (Lipinski definition) is 0. The van der Waals surface area contributed by atoms with Gasteiger partial charge in [-0.15, -0.1) is 0 Å². The van der Waals surface area contributed by atoms with Crippen molar-refractivity contribution in [1.29, 1.82) is 0 Å². The SMILES string of the molecule is CCCCCCCCCCCCCCCCCCOC(F)F. The molecule has 0 radical (unpaired) electrons. The van der Waals surface area contributed by atoms with Crippen molar-refractivity contribution >= 4 is 0 Å². The number of rotatable bonds is 18. The van der Waals surface area contributed by atoms with Crippen LogP contribution in [-0.4, -0.2) is 13.2 Å². The van der Waals surface area contributed by atoms with Crippen LogP contribution in [0, 0.1) is 0 Å². The monoisotopic (exact) mass is 320 g/mol. The van der Waals surface area contributed by atoms with Gasteiger partial charge in [0.2, 0.25) is 0 Å². The molecular weight excluding hydrogens is 282 g/mol. The van der Waals surface area contributed by atoms with Crippen LogP contribution in [0.5, 0.6) is 0 Å². The van der Waals surface area contributed by atoms with Crippen LogP contribution in [0.15, 0.2) is 0 Å². The molecule has 0 aliphatic rings. The predicted octanol–water partition coefficient (Wildman–Crippen LogP) is 7.49. The van der Waals surface area contributed by atoms with E-state index in [9.17, 15) is 8.78 Å². The lowest BCUT2D eigenvalue weighted by Gasteiger charge is -2.04. The van der Waals surface area contributed by atoms with E-state index in [4.69, 9.17) is 0 Å². The van der Waals surface area contributed by atoms with E-state index in [0.717, 1.165) is 19.3 Å². The van der Waals surface area contributed by atoms with Gasteiger partial charge in [0.05, 0.1) is 6.61 Å². The van der Waals surface area contributed by atoms with Gasteiger partial charge in [-0.25, -0.2) is 0 Å². The second-order valence-electron chi connectivity index (χ2n) is 6.43. The van der Waals surface area contributed by atoms with Gasteiger partial charge < -0.3 is 4.74 Å². The molecule has 0 saturated heterocycles. The lowest BCUT2D eigenvalue weighted by Crippen LogP contribution is -2.00. The standard InChI is InChI=1S/C19H38F2O/c1-2-3-4-5-6-7-8-9-10-11-12-13-14-15-16-17-18-22-19(20)21/h19H,2-18H2,1H3. The Morgan fingerprint density at radius 2 is 0.864 bits per heavy atom. The van der Waals surface area contributed by atoms with E-state index in [1.807, 2.05) is 0 Å². The number of unbranched alkanes of at least 4 members (excludes halogenated alkanes) is 15. The topological polar surface area (TPSA) is 9.23 Å². The summed E-state index contributed by atoms with van der Waals surface area (Å²) in [5.74, 6) is 0. The molecule has 0 aliphatic carbocycles. The summed E-state index contributed by atoms with van der Waals surface area (Å²) in [6.45, 7) is -0.130. The Hall–Kier alpha value is -0.180. The Labute approximate surface area is 137 Å². The third-order valence-electron chi connectivity index (χ3n) is 4.24. The predicted molar refractivity (Wildman–Crippen MR) is 91.5 cm³/mol. The lowest BCUT2D eigenvalue weighted by atomic mass is 10.0. The van der Waals surface area contributed by atoms with Crippen molar-refractivity contribution in [2.24, 2.45) is 0 Å². The van der Waals surface area contributed by atoms with E-state index in [-0.39, 0.29) is 6.61 Å². The third-order valence-corrected chi connectivity index (χ3v) is 4.24. The van der Waals surface area contributed by atoms with Gasteiger partial charge in [0.1, 0.15) is 0 Å². The van der Waals surface area contributed by atoms with Gasteiger partial charge in [-0.3, -0.25) is 0 Å². The first-order valence-corrected chi connectivity index (χ1v) is 9.67. The summed E-state index contributed by atoms with van der Waals surface area (Å²) in [4.78, 5) is 0. The Kier molecular flexibility index (Phi) is 18.7. The van der Waals surface area contributed by atoms with Gasteiger partial charge >= 0.3 is 6.61 Å². The van der Waals surface area contributed by atoms with Crippen LogP contribution in [-0.2, 0) is 4.74 Å². The van der Waals surface area contributed by atoms with Gasteiger partial charge in [0.15, 0.2) is 0 Å². The van der Waals surface area contributed by atoms with E-state index in [0.29, 0.717) is 0 Å². The third kappa shape index (κ3) is 19.8. The van der Waals surface area contributed by atoms with Crippen LogP contribution in [0.3, 0.4) is 0 Å². The maximum atomic E-state index is 11.7. The highest BCUT2D eigenvalue weighted by Gasteiger charge is 2.00. The van der Waals surface area contributed by atoms with Crippen LogP contribution in [0.2, 0.25) is 0 Å². The van der Waals surface area contributed by atoms with Crippen molar-refractivity contribution in [3.63, 3.8) is 0 Å². The fourth-order valence-corrected chi connectivity index (χ4v) is 2.82. The van der Waals surface area contributed by atoms with E-state index in [2.05, 4.69) is 11.7 Å². The molecule has 0 aromatic carbocycles. The van der Waals surface area contributed by atoms with Gasteiger partial charge in [-0.1, -0.05) is 103 Å². The van der Waals surface area contributed by atoms with E-state index in [1.54, 1.807) is 0 Å². The van der Waals surface area contributed by atoms with Crippen molar-refractivity contribution < 1.29 is 13.5 Å². The molecule has 0 saturated carbocycles. The fraction of sp³-hybridized carbons (Fsp3) is 1.00. The minimum Gasteiger partial charge on any atom is -0.323 e. The molecule has 0 rings (SSSR count). The lowest BCUT2D eigenvalue weighted by molar-refractivity contribution is -0.129. The molecule has 22 heavy (non-hydrogen) atoms. The van der Waals surface area contributed by atoms with Crippen molar-refractivity contribution in [3.8, 4) is 0 Å². The van der Waals surface area contributed by atoms with E-state index in [1.165, 1.54) is 83.5 Å². The Balaban J connectivity index is 2.94. The Morgan fingerprint density at radius 1 is 0.545 bits per heavy atom. The minimum absolute atomic E-state index is 0.204. The normalized spacial score (nSPS) is 11.5. The molecule has 0 aromatic heterocycles. The second-order valence-corrected chi connectivity index (χ2v) is 6.43. The maximum absolute atomic E-state index is 11.7. The molecule has 0 amide bonds. The van der Waals surface area contributed by atoms with E-state index >= 15 is 0 Å². The molecule has 1 nitrogen and oxygen atoms in total. The minimum atomic E-state index is -2.60. The number of halogens is 2. The van der Waals surface area contributed by atoms with Crippen molar-refractivity contribution in [2.45, 2.75) is 116 Å². The fourth-order valence-electron chi connectivity index (χ4n) is 2.82. The van der Waals surface area contributed by atoms with Crippen LogP contribution in [0.1, 0.15) is 110 Å². The molecule has 3 heteroatoms. The molecule has 0 bridgehead atoms. The molecule has 0 unspecified atom stereocenters. The van der Waals surface area contributed by atoms with Crippen molar-refractivity contribution in [2.75, 3.05) is 6.61 Å². The number of hydrogen-bond acceptors (Lipinski definition) is 1.